The fraction of sp³-hybridized carbons (Fsp3) is 0.182. The van der Waals surface area contributed by atoms with E-state index in [1.165, 1.54) is 0 Å². The van der Waals surface area contributed by atoms with Crippen molar-refractivity contribution in [3.8, 4) is 5.75 Å². The van der Waals surface area contributed by atoms with Crippen molar-refractivity contribution < 1.29 is 18.7 Å². The molecule has 3 rings (SSSR count). The molecule has 0 saturated carbocycles. The Balaban J connectivity index is 1.52. The van der Waals surface area contributed by atoms with E-state index in [4.69, 9.17) is 32.4 Å². The van der Waals surface area contributed by atoms with Crippen LogP contribution in [0.1, 0.15) is 28.6 Å². The first kappa shape index (κ1) is 21.7. The second kappa shape index (κ2) is 10.2. The zero-order valence-electron chi connectivity index (χ0n) is 16.2. The van der Waals surface area contributed by atoms with Crippen LogP contribution in [-0.2, 0) is 17.9 Å². The van der Waals surface area contributed by atoms with E-state index in [0.29, 0.717) is 33.7 Å². The van der Waals surface area contributed by atoms with Gasteiger partial charge in [0.1, 0.15) is 11.5 Å². The molecule has 8 heteroatoms. The standard InChI is InChI=1S/C22H20Cl2N2O4/c1-14(30-20-8-7-17(23)11-19(20)24)21(27)25-12-15-4-2-5-16(10-15)22(28)26-13-18-6-3-9-29-18/h2-11,14H,12-13H2,1H3,(H,25,27)(H,26,28). The second-order valence-electron chi connectivity index (χ2n) is 6.52. The maximum Gasteiger partial charge on any atom is 0.261 e. The summed E-state index contributed by atoms with van der Waals surface area (Å²) in [4.78, 5) is 24.7. The van der Waals surface area contributed by atoms with Gasteiger partial charge in [0, 0.05) is 17.1 Å². The number of hydrogen-bond donors (Lipinski definition) is 2. The molecule has 1 unspecified atom stereocenters. The molecule has 1 heterocycles. The minimum atomic E-state index is -0.761. The molecule has 0 aliphatic heterocycles. The number of ether oxygens (including phenoxy) is 1. The number of amides is 2. The van der Waals surface area contributed by atoms with Crippen molar-refractivity contribution in [3.63, 3.8) is 0 Å². The van der Waals surface area contributed by atoms with E-state index in [1.807, 2.05) is 6.07 Å². The molecule has 0 spiro atoms. The van der Waals surface area contributed by atoms with Crippen LogP contribution in [0.25, 0.3) is 0 Å². The number of carbonyl (C=O) groups is 2. The van der Waals surface area contributed by atoms with E-state index in [2.05, 4.69) is 10.6 Å². The number of halogens is 2. The highest BCUT2D eigenvalue weighted by Gasteiger charge is 2.16. The van der Waals surface area contributed by atoms with Crippen molar-refractivity contribution in [1.82, 2.24) is 10.6 Å². The van der Waals surface area contributed by atoms with Crippen LogP contribution in [0, 0.1) is 0 Å². The first-order chi connectivity index (χ1) is 14.4. The Hall–Kier alpha value is -2.96. The Morgan fingerprint density at radius 1 is 1.03 bits per heavy atom. The van der Waals surface area contributed by atoms with Gasteiger partial charge in [-0.15, -0.1) is 0 Å². The lowest BCUT2D eigenvalue weighted by Crippen LogP contribution is -2.36. The third-order valence-corrected chi connectivity index (χ3v) is 4.76. The maximum absolute atomic E-state index is 12.4. The van der Waals surface area contributed by atoms with Crippen LogP contribution in [-0.4, -0.2) is 17.9 Å². The van der Waals surface area contributed by atoms with E-state index >= 15 is 0 Å². The van der Waals surface area contributed by atoms with E-state index in [-0.39, 0.29) is 18.4 Å². The summed E-state index contributed by atoms with van der Waals surface area (Å²) in [6.07, 6.45) is 0.791. The summed E-state index contributed by atoms with van der Waals surface area (Å²) >= 11 is 11.9. The predicted octanol–water partition coefficient (Wildman–Crippen LogP) is 4.60. The van der Waals surface area contributed by atoms with Crippen LogP contribution >= 0.6 is 23.2 Å². The minimum absolute atomic E-state index is 0.228. The zero-order valence-corrected chi connectivity index (χ0v) is 17.7. The van der Waals surface area contributed by atoms with E-state index in [1.54, 1.807) is 61.7 Å². The lowest BCUT2D eigenvalue weighted by atomic mass is 10.1. The molecule has 3 aromatic rings. The molecule has 1 atom stereocenters. The predicted molar refractivity (Wildman–Crippen MR) is 115 cm³/mol. The summed E-state index contributed by atoms with van der Waals surface area (Å²) in [5.74, 6) is 0.503. The number of carbonyl (C=O) groups excluding carboxylic acids is 2. The van der Waals surface area contributed by atoms with Crippen LogP contribution in [0.4, 0.5) is 0 Å². The first-order valence-corrected chi connectivity index (χ1v) is 9.97. The van der Waals surface area contributed by atoms with Gasteiger partial charge in [-0.2, -0.15) is 0 Å². The maximum atomic E-state index is 12.4. The van der Waals surface area contributed by atoms with Gasteiger partial charge in [0.05, 0.1) is 17.8 Å². The van der Waals surface area contributed by atoms with Crippen LogP contribution < -0.4 is 15.4 Å². The Morgan fingerprint density at radius 3 is 2.60 bits per heavy atom. The molecular formula is C22H20Cl2N2O4. The number of benzene rings is 2. The quantitative estimate of drug-likeness (QED) is 0.529. The fourth-order valence-electron chi connectivity index (χ4n) is 2.65. The number of hydrogen-bond acceptors (Lipinski definition) is 4. The normalized spacial score (nSPS) is 11.6. The molecular weight excluding hydrogens is 427 g/mol. The molecule has 0 aliphatic rings. The highest BCUT2D eigenvalue weighted by atomic mass is 35.5. The van der Waals surface area contributed by atoms with Crippen molar-refractivity contribution >= 4 is 35.0 Å². The number of rotatable bonds is 8. The molecule has 0 aliphatic carbocycles. The van der Waals surface area contributed by atoms with Crippen molar-refractivity contribution in [2.24, 2.45) is 0 Å². The highest BCUT2D eigenvalue weighted by Crippen LogP contribution is 2.28. The summed E-state index contributed by atoms with van der Waals surface area (Å²) < 4.78 is 10.8. The third kappa shape index (κ3) is 6.02. The molecule has 6 nitrogen and oxygen atoms in total. The monoisotopic (exact) mass is 446 g/mol. The van der Waals surface area contributed by atoms with Crippen LogP contribution in [0.3, 0.4) is 0 Å². The van der Waals surface area contributed by atoms with Crippen molar-refractivity contribution in [3.05, 3.63) is 87.8 Å². The third-order valence-electron chi connectivity index (χ3n) is 4.23. The molecule has 156 valence electrons. The van der Waals surface area contributed by atoms with Gasteiger partial charge in [-0.05, 0) is 55.0 Å². The molecule has 0 bridgehead atoms. The van der Waals surface area contributed by atoms with Gasteiger partial charge in [0.2, 0.25) is 0 Å². The largest absolute Gasteiger partial charge is 0.479 e. The van der Waals surface area contributed by atoms with Crippen molar-refractivity contribution in [2.45, 2.75) is 26.1 Å². The fourth-order valence-corrected chi connectivity index (χ4v) is 3.11. The molecule has 2 amide bonds. The number of furan rings is 1. The zero-order chi connectivity index (χ0) is 21.5. The Kier molecular flexibility index (Phi) is 7.38. The van der Waals surface area contributed by atoms with Crippen molar-refractivity contribution in [2.75, 3.05) is 0 Å². The van der Waals surface area contributed by atoms with Gasteiger partial charge in [-0.25, -0.2) is 0 Å². The van der Waals surface area contributed by atoms with Crippen molar-refractivity contribution in [1.29, 1.82) is 0 Å². The second-order valence-corrected chi connectivity index (χ2v) is 7.36. The van der Waals surface area contributed by atoms with Crippen LogP contribution in [0.2, 0.25) is 10.0 Å². The van der Waals surface area contributed by atoms with Gasteiger partial charge in [0.25, 0.3) is 11.8 Å². The molecule has 2 aromatic carbocycles. The summed E-state index contributed by atoms with van der Waals surface area (Å²) in [7, 11) is 0. The summed E-state index contributed by atoms with van der Waals surface area (Å²) in [6, 6.07) is 15.3. The number of nitrogens with one attached hydrogen (secondary N) is 2. The smallest absolute Gasteiger partial charge is 0.261 e. The molecule has 0 saturated heterocycles. The Morgan fingerprint density at radius 2 is 1.87 bits per heavy atom. The molecule has 0 fully saturated rings. The molecule has 30 heavy (non-hydrogen) atoms. The highest BCUT2D eigenvalue weighted by molar-refractivity contribution is 6.35. The molecule has 2 N–H and O–H groups in total. The van der Waals surface area contributed by atoms with Gasteiger partial charge in [-0.3, -0.25) is 9.59 Å². The van der Waals surface area contributed by atoms with Crippen LogP contribution in [0.5, 0.6) is 5.75 Å². The van der Waals surface area contributed by atoms with Crippen LogP contribution in [0.15, 0.2) is 65.3 Å². The Bertz CT molecular complexity index is 1020. The SMILES string of the molecule is CC(Oc1ccc(Cl)cc1Cl)C(=O)NCc1cccc(C(=O)NCc2ccco2)c1. The summed E-state index contributed by atoms with van der Waals surface area (Å²) in [5.41, 5.74) is 1.27. The van der Waals surface area contributed by atoms with E-state index < -0.39 is 6.10 Å². The first-order valence-electron chi connectivity index (χ1n) is 9.21. The Labute approximate surface area is 184 Å². The molecule has 1 aromatic heterocycles. The lowest BCUT2D eigenvalue weighted by molar-refractivity contribution is -0.127. The van der Waals surface area contributed by atoms with Gasteiger partial charge in [-0.1, -0.05) is 35.3 Å². The molecule has 0 radical (unpaired) electrons. The van der Waals surface area contributed by atoms with E-state index in [0.717, 1.165) is 5.56 Å². The lowest BCUT2D eigenvalue weighted by Gasteiger charge is -2.16. The topological polar surface area (TPSA) is 80.6 Å². The van der Waals surface area contributed by atoms with Gasteiger partial charge in [0.15, 0.2) is 6.10 Å². The summed E-state index contributed by atoms with van der Waals surface area (Å²) in [5, 5.41) is 6.39. The minimum Gasteiger partial charge on any atom is -0.479 e. The van der Waals surface area contributed by atoms with Gasteiger partial charge >= 0.3 is 0 Å². The van der Waals surface area contributed by atoms with E-state index in [9.17, 15) is 9.59 Å². The average Bonchev–Trinajstić information content (AvgIpc) is 3.26. The average molecular weight is 447 g/mol. The summed E-state index contributed by atoms with van der Waals surface area (Å²) in [6.45, 7) is 2.17. The van der Waals surface area contributed by atoms with Gasteiger partial charge < -0.3 is 19.8 Å².